The van der Waals surface area contributed by atoms with E-state index in [9.17, 15) is 4.39 Å². The maximum atomic E-state index is 13.0. The summed E-state index contributed by atoms with van der Waals surface area (Å²) in [6.07, 6.45) is 0. The van der Waals surface area contributed by atoms with Crippen LogP contribution in [0.25, 0.3) is 0 Å². The van der Waals surface area contributed by atoms with E-state index in [0.717, 1.165) is 5.69 Å². The van der Waals surface area contributed by atoms with Gasteiger partial charge in [-0.05, 0) is 41.3 Å². The van der Waals surface area contributed by atoms with Crippen LogP contribution >= 0.6 is 0 Å². The topological polar surface area (TPSA) is 38.0 Å². The largest absolute Gasteiger partial charge is 0.397 e. The third-order valence-electron chi connectivity index (χ3n) is 3.04. The van der Waals surface area contributed by atoms with Crippen LogP contribution in [-0.2, 0) is 5.41 Å². The van der Waals surface area contributed by atoms with Crippen LogP contribution in [0.5, 0.6) is 0 Å². The third kappa shape index (κ3) is 3.25. The molecule has 2 aromatic rings. The highest BCUT2D eigenvalue weighted by Crippen LogP contribution is 2.27. The number of hydrogen-bond acceptors (Lipinski definition) is 2. The summed E-state index contributed by atoms with van der Waals surface area (Å²) in [4.78, 5) is 0. The Labute approximate surface area is 113 Å². The van der Waals surface area contributed by atoms with Crippen molar-refractivity contribution < 1.29 is 4.39 Å². The molecule has 0 aromatic heterocycles. The minimum absolute atomic E-state index is 0.132. The van der Waals surface area contributed by atoms with E-state index in [1.54, 1.807) is 6.07 Å². The van der Waals surface area contributed by atoms with Gasteiger partial charge in [-0.15, -0.1) is 0 Å². The smallest absolute Gasteiger partial charge is 0.125 e. The molecule has 0 atom stereocenters. The quantitative estimate of drug-likeness (QED) is 0.781. The lowest BCUT2D eigenvalue weighted by molar-refractivity contribution is 0.590. The number of hydrogen-bond donors (Lipinski definition) is 2. The Morgan fingerprint density at radius 3 is 2.16 bits per heavy atom. The number of rotatable bonds is 2. The number of nitrogen functional groups attached to an aromatic ring is 1. The van der Waals surface area contributed by atoms with E-state index >= 15 is 0 Å². The average molecular weight is 258 g/mol. The SMILES string of the molecule is CC(C)(C)c1ccc(Nc2ccc(F)cc2N)cc1. The van der Waals surface area contributed by atoms with Crippen molar-refractivity contribution in [3.63, 3.8) is 0 Å². The van der Waals surface area contributed by atoms with E-state index in [-0.39, 0.29) is 11.2 Å². The number of benzene rings is 2. The Morgan fingerprint density at radius 1 is 1.00 bits per heavy atom. The van der Waals surface area contributed by atoms with Gasteiger partial charge in [0.1, 0.15) is 5.82 Å². The Kier molecular flexibility index (Phi) is 3.47. The second-order valence-corrected chi connectivity index (χ2v) is 5.68. The van der Waals surface area contributed by atoms with Gasteiger partial charge in [0.05, 0.1) is 11.4 Å². The van der Waals surface area contributed by atoms with Gasteiger partial charge in [0.25, 0.3) is 0 Å². The Hall–Kier alpha value is -2.03. The first kappa shape index (κ1) is 13.4. The molecule has 100 valence electrons. The van der Waals surface area contributed by atoms with Crippen molar-refractivity contribution in [2.45, 2.75) is 26.2 Å². The summed E-state index contributed by atoms with van der Waals surface area (Å²) in [7, 11) is 0. The normalized spacial score (nSPS) is 11.4. The molecule has 19 heavy (non-hydrogen) atoms. The van der Waals surface area contributed by atoms with Crippen molar-refractivity contribution in [1.29, 1.82) is 0 Å². The van der Waals surface area contributed by atoms with Crippen LogP contribution in [0.2, 0.25) is 0 Å². The molecule has 0 spiro atoms. The standard InChI is InChI=1S/C16H19FN2/c1-16(2,3)11-4-7-13(8-5-11)19-15-9-6-12(17)10-14(15)18/h4-10,19H,18H2,1-3H3. The number of anilines is 3. The molecule has 0 saturated heterocycles. The maximum absolute atomic E-state index is 13.0. The Balaban J connectivity index is 2.20. The van der Waals surface area contributed by atoms with E-state index in [4.69, 9.17) is 5.73 Å². The van der Waals surface area contributed by atoms with E-state index < -0.39 is 0 Å². The Morgan fingerprint density at radius 2 is 1.63 bits per heavy atom. The molecule has 3 heteroatoms. The predicted molar refractivity (Wildman–Crippen MR) is 79.2 cm³/mol. The van der Waals surface area contributed by atoms with Gasteiger partial charge in [0.2, 0.25) is 0 Å². The van der Waals surface area contributed by atoms with E-state index in [1.807, 2.05) is 12.1 Å². The van der Waals surface area contributed by atoms with Gasteiger partial charge in [-0.2, -0.15) is 0 Å². The van der Waals surface area contributed by atoms with E-state index in [2.05, 4.69) is 38.2 Å². The van der Waals surface area contributed by atoms with Crippen molar-refractivity contribution in [2.24, 2.45) is 0 Å². The lowest BCUT2D eigenvalue weighted by Crippen LogP contribution is -2.10. The van der Waals surface area contributed by atoms with Gasteiger partial charge >= 0.3 is 0 Å². The summed E-state index contributed by atoms with van der Waals surface area (Å²) in [5, 5.41) is 3.19. The fourth-order valence-electron chi connectivity index (χ4n) is 1.86. The van der Waals surface area contributed by atoms with Crippen LogP contribution in [-0.4, -0.2) is 0 Å². The predicted octanol–water partition coefficient (Wildman–Crippen LogP) is 4.45. The Bertz CT molecular complexity index is 568. The summed E-state index contributed by atoms with van der Waals surface area (Å²) in [5.41, 5.74) is 9.22. The van der Waals surface area contributed by atoms with Gasteiger partial charge < -0.3 is 11.1 Å². The average Bonchev–Trinajstić information content (AvgIpc) is 2.32. The molecular formula is C16H19FN2. The molecule has 0 heterocycles. The third-order valence-corrected chi connectivity index (χ3v) is 3.04. The first-order valence-corrected chi connectivity index (χ1v) is 6.29. The van der Waals surface area contributed by atoms with Crippen LogP contribution in [0.4, 0.5) is 21.5 Å². The molecule has 0 fully saturated rings. The summed E-state index contributed by atoms with van der Waals surface area (Å²) in [6, 6.07) is 12.5. The highest BCUT2D eigenvalue weighted by atomic mass is 19.1. The molecule has 0 unspecified atom stereocenters. The molecule has 0 bridgehead atoms. The second-order valence-electron chi connectivity index (χ2n) is 5.68. The fourth-order valence-corrected chi connectivity index (χ4v) is 1.86. The molecule has 2 nitrogen and oxygen atoms in total. The van der Waals surface area contributed by atoms with Crippen molar-refractivity contribution in [3.05, 3.63) is 53.8 Å². The van der Waals surface area contributed by atoms with Crippen LogP contribution in [0, 0.1) is 5.82 Å². The monoisotopic (exact) mass is 258 g/mol. The van der Waals surface area contributed by atoms with Gasteiger partial charge in [0.15, 0.2) is 0 Å². The van der Waals surface area contributed by atoms with Crippen molar-refractivity contribution in [3.8, 4) is 0 Å². The molecule has 0 aliphatic heterocycles. The van der Waals surface area contributed by atoms with Gasteiger partial charge in [-0.25, -0.2) is 4.39 Å². The van der Waals surface area contributed by atoms with Crippen molar-refractivity contribution in [2.75, 3.05) is 11.1 Å². The number of nitrogens with two attached hydrogens (primary N) is 1. The summed E-state index contributed by atoms with van der Waals surface area (Å²) < 4.78 is 13.0. The molecular weight excluding hydrogens is 239 g/mol. The maximum Gasteiger partial charge on any atom is 0.125 e. The van der Waals surface area contributed by atoms with Gasteiger partial charge in [0, 0.05) is 5.69 Å². The van der Waals surface area contributed by atoms with Crippen LogP contribution in [0.3, 0.4) is 0 Å². The van der Waals surface area contributed by atoms with Crippen LogP contribution < -0.4 is 11.1 Å². The fraction of sp³-hybridized carbons (Fsp3) is 0.250. The zero-order valence-electron chi connectivity index (χ0n) is 11.5. The number of nitrogens with one attached hydrogen (secondary N) is 1. The van der Waals surface area contributed by atoms with Gasteiger partial charge in [-0.1, -0.05) is 32.9 Å². The molecule has 0 aliphatic carbocycles. The van der Waals surface area contributed by atoms with E-state index in [1.165, 1.54) is 17.7 Å². The molecule has 2 rings (SSSR count). The minimum atomic E-state index is -0.328. The molecule has 3 N–H and O–H groups in total. The van der Waals surface area contributed by atoms with E-state index in [0.29, 0.717) is 11.4 Å². The summed E-state index contributed by atoms with van der Waals surface area (Å²) in [5.74, 6) is -0.328. The lowest BCUT2D eigenvalue weighted by atomic mass is 9.87. The first-order valence-electron chi connectivity index (χ1n) is 6.29. The summed E-state index contributed by atoms with van der Waals surface area (Å²) in [6.45, 7) is 6.52. The zero-order valence-corrected chi connectivity index (χ0v) is 11.5. The molecule has 0 radical (unpaired) electrons. The highest BCUT2D eigenvalue weighted by molar-refractivity contribution is 5.72. The summed E-state index contributed by atoms with van der Waals surface area (Å²) >= 11 is 0. The first-order chi connectivity index (χ1) is 8.86. The van der Waals surface area contributed by atoms with Crippen LogP contribution in [0.1, 0.15) is 26.3 Å². The van der Waals surface area contributed by atoms with Gasteiger partial charge in [-0.3, -0.25) is 0 Å². The number of halogens is 1. The molecule has 0 aliphatic rings. The highest BCUT2D eigenvalue weighted by Gasteiger charge is 2.12. The second kappa shape index (κ2) is 4.92. The van der Waals surface area contributed by atoms with Crippen molar-refractivity contribution in [1.82, 2.24) is 0 Å². The lowest BCUT2D eigenvalue weighted by Gasteiger charge is -2.19. The van der Waals surface area contributed by atoms with Crippen LogP contribution in [0.15, 0.2) is 42.5 Å². The minimum Gasteiger partial charge on any atom is -0.397 e. The molecule has 2 aromatic carbocycles. The van der Waals surface area contributed by atoms with Crippen molar-refractivity contribution >= 4 is 17.1 Å². The zero-order chi connectivity index (χ0) is 14.0. The molecule has 0 saturated carbocycles. The molecule has 0 amide bonds.